The lowest BCUT2D eigenvalue weighted by atomic mass is 10.0. The van der Waals surface area contributed by atoms with Crippen LogP contribution in [0, 0.1) is 0 Å². The molecule has 6 heteroatoms. The standard InChI is InChI=1S/C68H126O6/c1-4-7-10-13-16-18-20-22-24-26-28-29-30-31-32-33-34-35-36-37-38-39-41-42-44-46-48-50-52-55-58-61-67(70)73-64-65(63-72-66(69)60-57-54-15-12-9-6-3)74-68(71)62-59-56-53-51-49-47-45-43-40-27-25-23-21-19-17-14-11-8-5-2/h17,19,23,25,40,43,65H,4-16,18,20-22,24,26-39,41-42,44-64H2,1-3H3/b19-17-,25-23-,43-40-. The molecule has 0 aliphatic carbocycles. The minimum Gasteiger partial charge on any atom is -0.462 e. The van der Waals surface area contributed by atoms with Crippen LogP contribution in [0.5, 0.6) is 0 Å². The number of ether oxygens (including phenoxy) is 3. The summed E-state index contributed by atoms with van der Waals surface area (Å²) in [6, 6.07) is 0. The SMILES string of the molecule is CCCCC/C=C\C/C=C\C/C=C\CCCCCCCCC(=O)OC(COC(=O)CCCCCCCC)COC(=O)CCCCCCCCCCCCCCCCCCCCCCCCCCCCCCCCC. The Bertz CT molecular complexity index is 1240. The Morgan fingerprint density at radius 2 is 0.486 bits per heavy atom. The van der Waals surface area contributed by atoms with Crippen molar-refractivity contribution in [3.8, 4) is 0 Å². The molecule has 1 atom stereocenters. The van der Waals surface area contributed by atoms with E-state index >= 15 is 0 Å². The maximum absolute atomic E-state index is 12.8. The van der Waals surface area contributed by atoms with Crippen LogP contribution in [0.4, 0.5) is 0 Å². The molecule has 0 rings (SSSR count). The van der Waals surface area contributed by atoms with Crippen molar-refractivity contribution in [1.29, 1.82) is 0 Å². The third-order valence-corrected chi connectivity index (χ3v) is 14.9. The van der Waals surface area contributed by atoms with Gasteiger partial charge in [0.2, 0.25) is 0 Å². The highest BCUT2D eigenvalue weighted by Crippen LogP contribution is 2.18. The molecular formula is C68H126O6. The van der Waals surface area contributed by atoms with E-state index in [4.69, 9.17) is 14.2 Å². The Labute approximate surface area is 461 Å². The average molecular weight is 1040 g/mol. The Morgan fingerprint density at radius 3 is 0.784 bits per heavy atom. The van der Waals surface area contributed by atoms with Gasteiger partial charge in [-0.1, -0.05) is 320 Å². The number of esters is 3. The second-order valence-electron chi connectivity index (χ2n) is 22.4. The molecule has 0 saturated carbocycles. The zero-order valence-electron chi connectivity index (χ0n) is 49.9. The van der Waals surface area contributed by atoms with Gasteiger partial charge in [0, 0.05) is 19.3 Å². The molecule has 0 aromatic carbocycles. The van der Waals surface area contributed by atoms with E-state index in [1.54, 1.807) is 0 Å². The monoisotopic (exact) mass is 1040 g/mol. The molecule has 0 aromatic heterocycles. The number of allylic oxidation sites excluding steroid dienone is 6. The van der Waals surface area contributed by atoms with Crippen molar-refractivity contribution in [3.05, 3.63) is 36.5 Å². The van der Waals surface area contributed by atoms with Crippen molar-refractivity contribution in [3.63, 3.8) is 0 Å². The molecule has 0 aliphatic heterocycles. The summed E-state index contributed by atoms with van der Waals surface area (Å²) in [5.74, 6) is -0.877. The molecule has 0 aromatic rings. The summed E-state index contributed by atoms with van der Waals surface area (Å²) in [5, 5.41) is 0. The quantitative estimate of drug-likeness (QED) is 0.0261. The first kappa shape index (κ1) is 71.6. The molecule has 0 radical (unpaired) electrons. The second-order valence-corrected chi connectivity index (χ2v) is 22.4. The molecule has 1 unspecified atom stereocenters. The molecular weight excluding hydrogens is 913 g/mol. The third-order valence-electron chi connectivity index (χ3n) is 14.9. The number of hydrogen-bond donors (Lipinski definition) is 0. The zero-order chi connectivity index (χ0) is 53.6. The molecule has 0 heterocycles. The minimum atomic E-state index is -0.774. The number of carbonyl (C=O) groups excluding carboxylic acids is 3. The normalized spacial score (nSPS) is 12.2. The van der Waals surface area contributed by atoms with Gasteiger partial charge in [0.1, 0.15) is 13.2 Å². The highest BCUT2D eigenvalue weighted by molar-refractivity contribution is 5.71. The van der Waals surface area contributed by atoms with Crippen LogP contribution < -0.4 is 0 Å². The summed E-state index contributed by atoms with van der Waals surface area (Å²) < 4.78 is 16.8. The van der Waals surface area contributed by atoms with E-state index in [1.165, 1.54) is 244 Å². The van der Waals surface area contributed by atoms with Crippen LogP contribution in [0.15, 0.2) is 36.5 Å². The van der Waals surface area contributed by atoms with E-state index in [-0.39, 0.29) is 31.1 Å². The third kappa shape index (κ3) is 60.5. The van der Waals surface area contributed by atoms with Gasteiger partial charge < -0.3 is 14.2 Å². The second kappa shape index (κ2) is 63.2. The summed E-state index contributed by atoms with van der Waals surface area (Å²) in [5.41, 5.74) is 0. The molecule has 6 nitrogen and oxygen atoms in total. The van der Waals surface area contributed by atoms with Crippen LogP contribution >= 0.6 is 0 Å². The number of carbonyl (C=O) groups is 3. The number of rotatable bonds is 61. The summed E-state index contributed by atoms with van der Waals surface area (Å²) in [6.45, 7) is 6.60. The highest BCUT2D eigenvalue weighted by atomic mass is 16.6. The van der Waals surface area contributed by atoms with Crippen LogP contribution in [-0.4, -0.2) is 37.2 Å². The van der Waals surface area contributed by atoms with Crippen molar-refractivity contribution in [1.82, 2.24) is 0 Å². The molecule has 0 fully saturated rings. The van der Waals surface area contributed by atoms with Gasteiger partial charge in [-0.15, -0.1) is 0 Å². The van der Waals surface area contributed by atoms with E-state index in [0.29, 0.717) is 19.3 Å². The fourth-order valence-electron chi connectivity index (χ4n) is 9.92. The van der Waals surface area contributed by atoms with Gasteiger partial charge in [-0.05, 0) is 57.8 Å². The van der Waals surface area contributed by atoms with Crippen LogP contribution in [0.25, 0.3) is 0 Å². The van der Waals surface area contributed by atoms with Gasteiger partial charge in [-0.25, -0.2) is 0 Å². The van der Waals surface area contributed by atoms with Gasteiger partial charge in [0.15, 0.2) is 6.10 Å². The lowest BCUT2D eigenvalue weighted by Crippen LogP contribution is -2.30. The number of hydrogen-bond acceptors (Lipinski definition) is 6. The van der Waals surface area contributed by atoms with Gasteiger partial charge >= 0.3 is 17.9 Å². The summed E-state index contributed by atoms with van der Waals surface area (Å²) in [7, 11) is 0. The first-order valence-electron chi connectivity index (χ1n) is 33.0. The minimum absolute atomic E-state index is 0.0737. The fraction of sp³-hybridized carbons (Fsp3) is 0.868. The number of unbranched alkanes of at least 4 members (excludes halogenated alkanes) is 44. The van der Waals surface area contributed by atoms with E-state index in [9.17, 15) is 14.4 Å². The van der Waals surface area contributed by atoms with E-state index in [0.717, 1.165) is 77.0 Å². The lowest BCUT2D eigenvalue weighted by molar-refractivity contribution is -0.167. The van der Waals surface area contributed by atoms with Gasteiger partial charge in [0.25, 0.3) is 0 Å². The molecule has 434 valence electrons. The Morgan fingerprint density at radius 1 is 0.270 bits per heavy atom. The smallest absolute Gasteiger partial charge is 0.306 e. The first-order valence-corrected chi connectivity index (χ1v) is 33.0. The van der Waals surface area contributed by atoms with Crippen molar-refractivity contribution in [2.45, 2.75) is 367 Å². The van der Waals surface area contributed by atoms with E-state index < -0.39 is 6.10 Å². The Hall–Kier alpha value is -2.37. The summed E-state index contributed by atoms with van der Waals surface area (Å²) in [4.78, 5) is 38.0. The van der Waals surface area contributed by atoms with Crippen LogP contribution in [0.3, 0.4) is 0 Å². The molecule has 0 bridgehead atoms. The van der Waals surface area contributed by atoms with Crippen LogP contribution in [0.1, 0.15) is 361 Å². The Kier molecular flexibility index (Phi) is 61.1. The predicted molar refractivity (Wildman–Crippen MR) is 321 cm³/mol. The maximum atomic E-state index is 12.8. The molecule has 0 saturated heterocycles. The lowest BCUT2D eigenvalue weighted by Gasteiger charge is -2.18. The van der Waals surface area contributed by atoms with Gasteiger partial charge in [0.05, 0.1) is 0 Å². The topological polar surface area (TPSA) is 78.9 Å². The van der Waals surface area contributed by atoms with Crippen molar-refractivity contribution in [2.75, 3.05) is 13.2 Å². The van der Waals surface area contributed by atoms with Gasteiger partial charge in [-0.3, -0.25) is 14.4 Å². The molecule has 0 amide bonds. The van der Waals surface area contributed by atoms with E-state index in [1.807, 2.05) is 0 Å². The van der Waals surface area contributed by atoms with Crippen molar-refractivity contribution >= 4 is 17.9 Å². The summed E-state index contributed by atoms with van der Waals surface area (Å²) >= 11 is 0. The van der Waals surface area contributed by atoms with E-state index in [2.05, 4.69) is 57.2 Å². The largest absolute Gasteiger partial charge is 0.462 e. The van der Waals surface area contributed by atoms with Crippen molar-refractivity contribution < 1.29 is 28.6 Å². The van der Waals surface area contributed by atoms with Crippen LogP contribution in [-0.2, 0) is 28.6 Å². The fourth-order valence-corrected chi connectivity index (χ4v) is 9.92. The van der Waals surface area contributed by atoms with Crippen molar-refractivity contribution in [2.24, 2.45) is 0 Å². The predicted octanol–water partition coefficient (Wildman–Crippen LogP) is 22.4. The molecule has 74 heavy (non-hydrogen) atoms. The summed E-state index contributed by atoms with van der Waals surface area (Å²) in [6.07, 6.45) is 77.8. The molecule has 0 aliphatic rings. The average Bonchev–Trinajstić information content (AvgIpc) is 3.40. The maximum Gasteiger partial charge on any atom is 0.306 e. The molecule has 0 N–H and O–H groups in total. The molecule has 0 spiro atoms. The first-order chi connectivity index (χ1) is 36.5. The van der Waals surface area contributed by atoms with Crippen LogP contribution in [0.2, 0.25) is 0 Å². The Balaban J connectivity index is 3.97. The zero-order valence-corrected chi connectivity index (χ0v) is 49.9. The highest BCUT2D eigenvalue weighted by Gasteiger charge is 2.19. The van der Waals surface area contributed by atoms with Gasteiger partial charge in [-0.2, -0.15) is 0 Å².